The Hall–Kier alpha value is -4.08. The molecule has 0 unspecified atom stereocenters. The number of carbonyl (C=O) groups excluding carboxylic acids is 3. The number of ether oxygens (including phenoxy) is 2. The van der Waals surface area contributed by atoms with Crippen LogP contribution in [-0.4, -0.2) is 66.5 Å². The summed E-state index contributed by atoms with van der Waals surface area (Å²) in [6.45, 7) is 5.32. The summed E-state index contributed by atoms with van der Waals surface area (Å²) in [6, 6.07) is 15.1. The van der Waals surface area contributed by atoms with Crippen LogP contribution >= 0.6 is 0 Å². The molecule has 2 N–H and O–H groups in total. The molecule has 43 heavy (non-hydrogen) atoms. The van der Waals surface area contributed by atoms with Crippen molar-refractivity contribution >= 4 is 29.6 Å². The molecule has 232 valence electrons. The SMILES string of the molecule is CC(C)COC(=O)CN1Cc2cc(OCCCC(=O)N(C)C3CCCCC3)ccc2N=C1NC(=O)NCc1ccccc1. The Kier molecular flexibility index (Phi) is 11.8. The van der Waals surface area contributed by atoms with Crippen LogP contribution in [0.1, 0.15) is 69.9 Å². The van der Waals surface area contributed by atoms with Crippen molar-refractivity contribution in [3.8, 4) is 5.75 Å². The molecule has 1 aliphatic carbocycles. The Morgan fingerprint density at radius 1 is 1.07 bits per heavy atom. The quantitative estimate of drug-likeness (QED) is 0.261. The van der Waals surface area contributed by atoms with Gasteiger partial charge in [-0.3, -0.25) is 14.9 Å². The highest BCUT2D eigenvalue weighted by molar-refractivity contribution is 5.99. The van der Waals surface area contributed by atoms with Crippen LogP contribution in [0.15, 0.2) is 53.5 Å². The second-order valence-corrected chi connectivity index (χ2v) is 11.7. The first-order chi connectivity index (χ1) is 20.8. The molecule has 0 saturated heterocycles. The Morgan fingerprint density at radius 3 is 2.58 bits per heavy atom. The van der Waals surface area contributed by atoms with E-state index < -0.39 is 12.0 Å². The summed E-state index contributed by atoms with van der Waals surface area (Å²) in [4.78, 5) is 46.3. The molecule has 0 spiro atoms. The van der Waals surface area contributed by atoms with Crippen molar-refractivity contribution in [1.82, 2.24) is 20.4 Å². The van der Waals surface area contributed by atoms with E-state index >= 15 is 0 Å². The zero-order valence-electron chi connectivity index (χ0n) is 25.6. The van der Waals surface area contributed by atoms with E-state index in [0.29, 0.717) is 56.6 Å². The monoisotopic (exact) mass is 591 g/mol. The number of hydrogen-bond acceptors (Lipinski definition) is 7. The molecule has 2 aromatic rings. The molecule has 0 atom stereocenters. The van der Waals surface area contributed by atoms with E-state index in [1.807, 2.05) is 74.3 Å². The average molecular weight is 592 g/mol. The molecule has 1 heterocycles. The number of hydrogen-bond donors (Lipinski definition) is 2. The van der Waals surface area contributed by atoms with Gasteiger partial charge < -0.3 is 24.6 Å². The fraction of sp³-hybridized carbons (Fsp3) is 0.515. The number of benzene rings is 2. The summed E-state index contributed by atoms with van der Waals surface area (Å²) in [5.74, 6) is 0.925. The van der Waals surface area contributed by atoms with Crippen LogP contribution in [0, 0.1) is 5.92 Å². The van der Waals surface area contributed by atoms with Crippen LogP contribution in [-0.2, 0) is 27.4 Å². The standard InChI is InChI=1S/C33H45N5O5/c1-24(2)23-43-31(40)22-38-21-26-19-28(42-18-10-15-30(39)37(3)27-13-8-5-9-14-27)16-17-29(26)35-32(38)36-33(41)34-20-25-11-6-4-7-12-25/h4,6-7,11-12,16-17,19,24,27H,5,8-10,13-15,18,20-23H2,1-3H3,(H2,34,35,36,41). The van der Waals surface area contributed by atoms with Crippen molar-refractivity contribution in [2.45, 2.75) is 77.9 Å². The fourth-order valence-electron chi connectivity index (χ4n) is 5.24. The number of rotatable bonds is 12. The maximum absolute atomic E-state index is 12.7. The topological polar surface area (TPSA) is 113 Å². The van der Waals surface area contributed by atoms with Crippen LogP contribution in [0.25, 0.3) is 0 Å². The number of esters is 1. The minimum absolute atomic E-state index is 0.0638. The molecule has 10 heteroatoms. The number of carbonyl (C=O) groups is 3. The number of nitrogens with zero attached hydrogens (tertiary/aromatic N) is 3. The molecule has 0 aromatic heterocycles. The van der Waals surface area contributed by atoms with Crippen molar-refractivity contribution in [2.75, 3.05) is 26.8 Å². The van der Waals surface area contributed by atoms with Gasteiger partial charge in [0.15, 0.2) is 0 Å². The molecule has 10 nitrogen and oxygen atoms in total. The summed E-state index contributed by atoms with van der Waals surface area (Å²) in [7, 11) is 1.92. The molecule has 3 amide bonds. The number of aliphatic imine (C=N–C) groups is 1. The van der Waals surface area contributed by atoms with Gasteiger partial charge in [-0.2, -0.15) is 0 Å². The molecule has 0 bridgehead atoms. The van der Waals surface area contributed by atoms with Crippen molar-refractivity contribution < 1.29 is 23.9 Å². The van der Waals surface area contributed by atoms with Crippen LogP contribution in [0.2, 0.25) is 0 Å². The minimum atomic E-state index is -0.421. The zero-order chi connectivity index (χ0) is 30.6. The minimum Gasteiger partial charge on any atom is -0.494 e. The van der Waals surface area contributed by atoms with E-state index in [4.69, 9.17) is 9.47 Å². The molecule has 4 rings (SSSR count). The van der Waals surface area contributed by atoms with Gasteiger partial charge >= 0.3 is 12.0 Å². The summed E-state index contributed by atoms with van der Waals surface area (Å²) in [6.07, 6.45) is 6.94. The molecular formula is C33H45N5O5. The normalized spacial score (nSPS) is 14.9. The fourth-order valence-corrected chi connectivity index (χ4v) is 5.24. The maximum Gasteiger partial charge on any atom is 0.325 e. The number of fused-ring (bicyclic) bond motifs is 1. The highest BCUT2D eigenvalue weighted by Crippen LogP contribution is 2.30. The van der Waals surface area contributed by atoms with Crippen molar-refractivity contribution in [3.63, 3.8) is 0 Å². The molecular weight excluding hydrogens is 546 g/mol. The second-order valence-electron chi connectivity index (χ2n) is 11.7. The average Bonchev–Trinajstić information content (AvgIpc) is 3.02. The molecule has 1 fully saturated rings. The van der Waals surface area contributed by atoms with Gasteiger partial charge in [0.05, 0.1) is 18.9 Å². The highest BCUT2D eigenvalue weighted by atomic mass is 16.5. The van der Waals surface area contributed by atoms with E-state index in [2.05, 4.69) is 15.6 Å². The lowest BCUT2D eigenvalue weighted by molar-refractivity contribution is -0.145. The first kappa shape index (κ1) is 31.8. The highest BCUT2D eigenvalue weighted by Gasteiger charge is 2.25. The van der Waals surface area contributed by atoms with Gasteiger partial charge in [-0.15, -0.1) is 0 Å². The molecule has 1 aliphatic heterocycles. The predicted octanol–water partition coefficient (Wildman–Crippen LogP) is 5.14. The zero-order valence-corrected chi connectivity index (χ0v) is 25.6. The Labute approximate surface area is 254 Å². The summed E-state index contributed by atoms with van der Waals surface area (Å²) in [5.41, 5.74) is 2.51. The van der Waals surface area contributed by atoms with Gasteiger partial charge in [-0.05, 0) is 48.9 Å². The Morgan fingerprint density at radius 2 is 1.84 bits per heavy atom. The molecule has 2 aliphatic rings. The van der Waals surface area contributed by atoms with E-state index in [-0.39, 0.29) is 24.3 Å². The smallest absolute Gasteiger partial charge is 0.325 e. The van der Waals surface area contributed by atoms with E-state index in [1.54, 1.807) is 4.90 Å². The predicted molar refractivity (Wildman–Crippen MR) is 166 cm³/mol. The van der Waals surface area contributed by atoms with E-state index in [0.717, 1.165) is 24.0 Å². The van der Waals surface area contributed by atoms with Crippen molar-refractivity contribution in [2.24, 2.45) is 10.9 Å². The summed E-state index contributed by atoms with van der Waals surface area (Å²) >= 11 is 0. The van der Waals surface area contributed by atoms with Crippen LogP contribution in [0.5, 0.6) is 5.75 Å². The van der Waals surface area contributed by atoms with Gasteiger partial charge in [0.2, 0.25) is 11.9 Å². The number of guanidine groups is 1. The number of amides is 3. The number of nitrogens with one attached hydrogen (secondary N) is 2. The van der Waals surface area contributed by atoms with Crippen LogP contribution in [0.4, 0.5) is 10.5 Å². The van der Waals surface area contributed by atoms with E-state index in [1.165, 1.54) is 19.3 Å². The largest absolute Gasteiger partial charge is 0.494 e. The molecule has 1 saturated carbocycles. The maximum atomic E-state index is 12.7. The Balaban J connectivity index is 1.35. The first-order valence-corrected chi connectivity index (χ1v) is 15.4. The third-order valence-electron chi connectivity index (χ3n) is 7.68. The third-order valence-corrected chi connectivity index (χ3v) is 7.68. The van der Waals surface area contributed by atoms with E-state index in [9.17, 15) is 14.4 Å². The molecule has 0 radical (unpaired) electrons. The first-order valence-electron chi connectivity index (χ1n) is 15.4. The lowest BCUT2D eigenvalue weighted by Crippen LogP contribution is -2.50. The Bertz CT molecular complexity index is 1260. The van der Waals surface area contributed by atoms with Gasteiger partial charge in [0.1, 0.15) is 12.3 Å². The lowest BCUT2D eigenvalue weighted by atomic mass is 9.94. The van der Waals surface area contributed by atoms with Gasteiger partial charge in [-0.25, -0.2) is 9.79 Å². The number of urea groups is 1. The van der Waals surface area contributed by atoms with Crippen LogP contribution in [0.3, 0.4) is 0 Å². The van der Waals surface area contributed by atoms with Crippen LogP contribution < -0.4 is 15.4 Å². The summed E-state index contributed by atoms with van der Waals surface area (Å²) < 4.78 is 11.4. The lowest BCUT2D eigenvalue weighted by Gasteiger charge is -2.31. The van der Waals surface area contributed by atoms with Crippen molar-refractivity contribution in [3.05, 3.63) is 59.7 Å². The third kappa shape index (κ3) is 10.0. The van der Waals surface area contributed by atoms with Gasteiger partial charge in [-0.1, -0.05) is 63.4 Å². The van der Waals surface area contributed by atoms with Gasteiger partial charge in [0.25, 0.3) is 0 Å². The summed E-state index contributed by atoms with van der Waals surface area (Å²) in [5, 5.41) is 5.64. The van der Waals surface area contributed by atoms with Crippen molar-refractivity contribution in [1.29, 1.82) is 0 Å². The second kappa shape index (κ2) is 16.0. The van der Waals surface area contributed by atoms with Gasteiger partial charge in [0, 0.05) is 38.2 Å². The molecule has 2 aromatic carbocycles.